The van der Waals surface area contributed by atoms with Crippen LogP contribution in [0.2, 0.25) is 5.02 Å². The van der Waals surface area contributed by atoms with E-state index in [1.165, 1.54) is 24.3 Å². The van der Waals surface area contributed by atoms with Crippen molar-refractivity contribution in [2.24, 2.45) is 0 Å². The third-order valence-corrected chi connectivity index (χ3v) is 6.79. The zero-order valence-electron chi connectivity index (χ0n) is 17.8. The molecule has 9 heteroatoms. The van der Waals surface area contributed by atoms with Gasteiger partial charge in [0.15, 0.2) is 0 Å². The van der Waals surface area contributed by atoms with Crippen LogP contribution in [-0.2, 0) is 10.0 Å². The molecule has 0 amide bonds. The molecule has 0 spiro atoms. The van der Waals surface area contributed by atoms with E-state index >= 15 is 0 Å². The highest BCUT2D eigenvalue weighted by Crippen LogP contribution is 2.32. The van der Waals surface area contributed by atoms with Crippen LogP contribution in [-0.4, -0.2) is 26.4 Å². The summed E-state index contributed by atoms with van der Waals surface area (Å²) in [6, 6.07) is 18.5. The summed E-state index contributed by atoms with van der Waals surface area (Å²) in [5, 5.41) is 11.4. The number of aryl methyl sites for hydroxylation is 2. The van der Waals surface area contributed by atoms with Crippen LogP contribution >= 0.6 is 11.6 Å². The predicted molar refractivity (Wildman–Crippen MR) is 127 cm³/mol. The van der Waals surface area contributed by atoms with Gasteiger partial charge in [-0.3, -0.25) is 10.1 Å². The van der Waals surface area contributed by atoms with E-state index in [2.05, 4.69) is 9.62 Å². The topological polar surface area (TPSA) is 92.6 Å². The molecule has 3 aromatic rings. The zero-order valence-corrected chi connectivity index (χ0v) is 19.4. The van der Waals surface area contributed by atoms with Gasteiger partial charge in [-0.2, -0.15) is 0 Å². The second kappa shape index (κ2) is 10.1. The SMILES string of the molecule is Cc1ccccc1N(CCCNS(=O)(=O)c1ccc([N+](=O)[O-])cc1)c1cc(Cl)ccc1C. The summed E-state index contributed by atoms with van der Waals surface area (Å²) < 4.78 is 27.7. The van der Waals surface area contributed by atoms with Gasteiger partial charge in [-0.05, 0) is 61.7 Å². The maximum absolute atomic E-state index is 12.5. The Labute approximate surface area is 192 Å². The van der Waals surface area contributed by atoms with E-state index in [-0.39, 0.29) is 17.1 Å². The van der Waals surface area contributed by atoms with Gasteiger partial charge in [0.1, 0.15) is 0 Å². The van der Waals surface area contributed by atoms with Crippen LogP contribution in [0.3, 0.4) is 0 Å². The Balaban J connectivity index is 1.73. The number of halogens is 1. The van der Waals surface area contributed by atoms with Crippen LogP contribution in [0.1, 0.15) is 17.5 Å². The van der Waals surface area contributed by atoms with Crippen molar-refractivity contribution in [2.75, 3.05) is 18.0 Å². The molecule has 0 aromatic heterocycles. The minimum absolute atomic E-state index is 0.00968. The number of anilines is 2. The van der Waals surface area contributed by atoms with Crippen LogP contribution < -0.4 is 9.62 Å². The Kier molecular flexibility index (Phi) is 7.50. The highest BCUT2D eigenvalue weighted by Gasteiger charge is 2.17. The molecule has 0 atom stereocenters. The Morgan fingerprint density at radius 3 is 2.28 bits per heavy atom. The van der Waals surface area contributed by atoms with Gasteiger partial charge in [0, 0.05) is 41.6 Å². The van der Waals surface area contributed by atoms with E-state index in [1.807, 2.05) is 56.3 Å². The molecule has 0 bridgehead atoms. The quantitative estimate of drug-likeness (QED) is 0.256. The molecular weight excluding hydrogens is 450 g/mol. The number of benzene rings is 3. The van der Waals surface area contributed by atoms with E-state index in [0.29, 0.717) is 18.0 Å². The molecule has 0 heterocycles. The van der Waals surface area contributed by atoms with E-state index in [1.54, 1.807) is 0 Å². The Morgan fingerprint density at radius 1 is 0.969 bits per heavy atom. The molecule has 3 rings (SSSR count). The number of nitrogens with one attached hydrogen (secondary N) is 1. The second-order valence-corrected chi connectivity index (χ2v) is 9.57. The van der Waals surface area contributed by atoms with Gasteiger partial charge in [-0.15, -0.1) is 0 Å². The number of para-hydroxylation sites is 1. The first kappa shape index (κ1) is 23.7. The van der Waals surface area contributed by atoms with Crippen molar-refractivity contribution in [3.05, 3.63) is 93.0 Å². The number of nitrogens with zero attached hydrogens (tertiary/aromatic N) is 2. The highest BCUT2D eigenvalue weighted by atomic mass is 35.5. The van der Waals surface area contributed by atoms with Crippen molar-refractivity contribution in [3.63, 3.8) is 0 Å². The molecule has 0 unspecified atom stereocenters. The van der Waals surface area contributed by atoms with Crippen LogP contribution in [0.4, 0.5) is 17.1 Å². The molecule has 168 valence electrons. The largest absolute Gasteiger partial charge is 0.341 e. The van der Waals surface area contributed by atoms with Crippen molar-refractivity contribution in [2.45, 2.75) is 25.2 Å². The number of hydrogen-bond donors (Lipinski definition) is 1. The Hall–Kier alpha value is -2.94. The van der Waals surface area contributed by atoms with Gasteiger partial charge in [0.05, 0.1) is 9.82 Å². The van der Waals surface area contributed by atoms with Crippen molar-refractivity contribution in [1.82, 2.24) is 4.72 Å². The van der Waals surface area contributed by atoms with Crippen molar-refractivity contribution in [1.29, 1.82) is 0 Å². The van der Waals surface area contributed by atoms with Gasteiger partial charge in [0.25, 0.3) is 5.69 Å². The van der Waals surface area contributed by atoms with Crippen molar-refractivity contribution >= 4 is 38.7 Å². The summed E-state index contributed by atoms with van der Waals surface area (Å²) in [6.07, 6.45) is 0.534. The molecule has 0 radical (unpaired) electrons. The number of non-ortho nitro benzene ring substituents is 1. The molecule has 0 saturated carbocycles. The average molecular weight is 474 g/mol. The average Bonchev–Trinajstić information content (AvgIpc) is 2.76. The van der Waals surface area contributed by atoms with Crippen molar-refractivity contribution in [3.8, 4) is 0 Å². The number of rotatable bonds is 9. The lowest BCUT2D eigenvalue weighted by Crippen LogP contribution is -2.28. The number of nitro benzene ring substituents is 1. The molecule has 0 aliphatic rings. The minimum atomic E-state index is -3.77. The van der Waals surface area contributed by atoms with E-state index in [4.69, 9.17) is 11.6 Å². The third kappa shape index (κ3) is 5.64. The fourth-order valence-corrected chi connectivity index (χ4v) is 4.62. The van der Waals surface area contributed by atoms with Gasteiger partial charge >= 0.3 is 0 Å². The summed E-state index contributed by atoms with van der Waals surface area (Å²) >= 11 is 6.25. The van der Waals surface area contributed by atoms with Crippen LogP contribution in [0.25, 0.3) is 0 Å². The van der Waals surface area contributed by atoms with Crippen LogP contribution in [0, 0.1) is 24.0 Å². The smallest absolute Gasteiger partial charge is 0.269 e. The summed E-state index contributed by atoms with van der Waals surface area (Å²) in [4.78, 5) is 12.3. The molecule has 0 aliphatic carbocycles. The van der Waals surface area contributed by atoms with Gasteiger partial charge in [0.2, 0.25) is 10.0 Å². The fourth-order valence-electron chi connectivity index (χ4n) is 3.38. The molecular formula is C23H24ClN3O4S. The lowest BCUT2D eigenvalue weighted by atomic mass is 10.1. The standard InChI is InChI=1S/C23H24ClN3O4S/c1-17-6-3-4-7-22(17)26(23-16-19(24)9-8-18(23)2)15-5-14-25-32(30,31)21-12-10-20(11-13-21)27(28)29/h3-4,6-13,16,25H,5,14-15H2,1-2H3. The second-order valence-electron chi connectivity index (χ2n) is 7.37. The van der Waals surface area contributed by atoms with Gasteiger partial charge < -0.3 is 4.90 Å². The Bertz CT molecular complexity index is 1210. The first-order valence-electron chi connectivity index (χ1n) is 10.0. The summed E-state index contributed by atoms with van der Waals surface area (Å²) in [5.74, 6) is 0. The molecule has 0 fully saturated rings. The number of nitro groups is 1. The predicted octanol–water partition coefficient (Wildman–Crippen LogP) is 5.37. The number of hydrogen-bond acceptors (Lipinski definition) is 5. The summed E-state index contributed by atoms with van der Waals surface area (Å²) in [5.41, 5.74) is 3.98. The number of sulfonamides is 1. The maximum Gasteiger partial charge on any atom is 0.269 e. The van der Waals surface area contributed by atoms with E-state index in [0.717, 1.165) is 22.5 Å². The molecule has 3 aromatic carbocycles. The lowest BCUT2D eigenvalue weighted by Gasteiger charge is -2.28. The molecule has 0 saturated heterocycles. The van der Waals surface area contributed by atoms with Crippen LogP contribution in [0.15, 0.2) is 71.6 Å². The lowest BCUT2D eigenvalue weighted by molar-refractivity contribution is -0.384. The van der Waals surface area contributed by atoms with Gasteiger partial charge in [-0.25, -0.2) is 13.1 Å². The highest BCUT2D eigenvalue weighted by molar-refractivity contribution is 7.89. The monoisotopic (exact) mass is 473 g/mol. The Morgan fingerprint density at radius 2 is 1.62 bits per heavy atom. The summed E-state index contributed by atoms with van der Waals surface area (Å²) in [6.45, 7) is 4.81. The first-order chi connectivity index (χ1) is 15.2. The molecule has 7 nitrogen and oxygen atoms in total. The van der Waals surface area contributed by atoms with E-state index in [9.17, 15) is 18.5 Å². The maximum atomic E-state index is 12.5. The summed E-state index contributed by atoms with van der Waals surface area (Å²) in [7, 11) is -3.77. The van der Waals surface area contributed by atoms with Crippen molar-refractivity contribution < 1.29 is 13.3 Å². The van der Waals surface area contributed by atoms with E-state index < -0.39 is 14.9 Å². The zero-order chi connectivity index (χ0) is 23.3. The molecule has 0 aliphatic heterocycles. The third-order valence-electron chi connectivity index (χ3n) is 5.08. The van der Waals surface area contributed by atoms with Gasteiger partial charge in [-0.1, -0.05) is 35.9 Å². The fraction of sp³-hybridized carbons (Fsp3) is 0.217. The van der Waals surface area contributed by atoms with Crippen LogP contribution in [0.5, 0.6) is 0 Å². The molecule has 1 N–H and O–H groups in total. The molecule has 32 heavy (non-hydrogen) atoms. The normalized spacial score (nSPS) is 11.3. The minimum Gasteiger partial charge on any atom is -0.341 e. The first-order valence-corrected chi connectivity index (χ1v) is 11.9.